The Hall–Kier alpha value is -1.63. The summed E-state index contributed by atoms with van der Waals surface area (Å²) >= 11 is 6.00. The maximum atomic E-state index is 14.3. The fourth-order valence-corrected chi connectivity index (χ4v) is 10.7. The SMILES string of the molecule is O=S(=O)(CC1([C@H]2CCC[C@@H](c3cc(F)cc(F)c3)N2S(=O)(=O)c2ccc(Cl)cc2)CC1)N1CCC[C@H]1CO. The predicted molar refractivity (Wildman–Crippen MR) is 139 cm³/mol. The Labute approximate surface area is 227 Å². The highest BCUT2D eigenvalue weighted by Gasteiger charge is 2.59. The highest BCUT2D eigenvalue weighted by molar-refractivity contribution is 7.89. The van der Waals surface area contributed by atoms with Crippen LogP contribution in [0.1, 0.15) is 56.6 Å². The first-order valence-electron chi connectivity index (χ1n) is 12.8. The molecule has 1 aliphatic carbocycles. The summed E-state index contributed by atoms with van der Waals surface area (Å²) in [7, 11) is -7.99. The van der Waals surface area contributed by atoms with E-state index in [1.165, 1.54) is 32.9 Å². The van der Waals surface area contributed by atoms with Crippen molar-refractivity contribution in [3.05, 3.63) is 64.7 Å². The van der Waals surface area contributed by atoms with Crippen LogP contribution in [0.5, 0.6) is 0 Å². The van der Waals surface area contributed by atoms with Crippen LogP contribution < -0.4 is 0 Å². The van der Waals surface area contributed by atoms with Gasteiger partial charge in [-0.1, -0.05) is 11.6 Å². The van der Waals surface area contributed by atoms with E-state index >= 15 is 0 Å². The predicted octanol–water partition coefficient (Wildman–Crippen LogP) is 4.47. The summed E-state index contributed by atoms with van der Waals surface area (Å²) in [6, 6.07) is 6.71. The molecule has 12 heteroatoms. The van der Waals surface area contributed by atoms with E-state index in [1.807, 2.05) is 0 Å². The number of rotatable bonds is 8. The maximum Gasteiger partial charge on any atom is 0.243 e. The standard InChI is InChI=1S/C26H31ClF2N2O5S2/c27-19-6-8-23(9-7-19)38(35,36)31-24(18-13-20(28)15-21(29)14-18)4-1-5-25(31)26(10-11-26)17-37(33,34)30-12-2-3-22(30)16-32/h6-9,13-15,22,24-25,32H,1-5,10-12,16-17H2/t22-,24-,25+/m0/s1. The molecule has 5 rings (SSSR count). The molecule has 2 saturated heterocycles. The smallest absolute Gasteiger partial charge is 0.243 e. The van der Waals surface area contributed by atoms with Crippen molar-refractivity contribution >= 4 is 31.6 Å². The molecule has 2 heterocycles. The molecule has 3 fully saturated rings. The minimum absolute atomic E-state index is 0.0192. The Kier molecular flexibility index (Phi) is 7.64. The van der Waals surface area contributed by atoms with Gasteiger partial charge in [0.1, 0.15) is 11.6 Å². The minimum Gasteiger partial charge on any atom is -0.395 e. The molecule has 1 N–H and O–H groups in total. The van der Waals surface area contributed by atoms with Gasteiger partial charge in [0.15, 0.2) is 0 Å². The number of piperidine rings is 1. The van der Waals surface area contributed by atoms with Crippen LogP contribution in [-0.4, -0.2) is 61.5 Å². The van der Waals surface area contributed by atoms with Gasteiger partial charge in [-0.25, -0.2) is 25.6 Å². The van der Waals surface area contributed by atoms with E-state index in [0.717, 1.165) is 18.2 Å². The summed E-state index contributed by atoms with van der Waals surface area (Å²) in [5.74, 6) is -1.85. The van der Waals surface area contributed by atoms with Gasteiger partial charge < -0.3 is 5.11 Å². The van der Waals surface area contributed by atoms with Gasteiger partial charge in [0.2, 0.25) is 20.0 Å². The molecule has 1 saturated carbocycles. The molecule has 3 aliphatic rings. The average molecular weight is 589 g/mol. The first-order valence-corrected chi connectivity index (χ1v) is 16.3. The summed E-state index contributed by atoms with van der Waals surface area (Å²) in [6.07, 6.45) is 3.62. The van der Waals surface area contributed by atoms with E-state index in [9.17, 15) is 30.7 Å². The number of hydrogen-bond acceptors (Lipinski definition) is 5. The van der Waals surface area contributed by atoms with Gasteiger partial charge >= 0.3 is 0 Å². The number of benzene rings is 2. The number of hydrogen-bond donors (Lipinski definition) is 1. The molecule has 2 aromatic carbocycles. The molecule has 2 aromatic rings. The fourth-order valence-electron chi connectivity index (χ4n) is 6.24. The maximum absolute atomic E-state index is 14.3. The van der Waals surface area contributed by atoms with Crippen LogP contribution >= 0.6 is 11.6 Å². The van der Waals surface area contributed by atoms with Crippen molar-refractivity contribution < 1.29 is 30.7 Å². The molecule has 38 heavy (non-hydrogen) atoms. The number of aliphatic hydroxyl groups excluding tert-OH is 1. The zero-order valence-corrected chi connectivity index (χ0v) is 23.2. The third-order valence-electron chi connectivity index (χ3n) is 8.19. The van der Waals surface area contributed by atoms with Crippen LogP contribution in [0.4, 0.5) is 8.78 Å². The third-order valence-corrected chi connectivity index (χ3v) is 12.5. The topological polar surface area (TPSA) is 95.0 Å². The summed E-state index contributed by atoms with van der Waals surface area (Å²) in [6.45, 7) is 0.0617. The Morgan fingerprint density at radius 2 is 1.61 bits per heavy atom. The number of aliphatic hydroxyl groups is 1. The number of halogens is 3. The molecule has 0 radical (unpaired) electrons. The van der Waals surface area contributed by atoms with Crippen LogP contribution in [-0.2, 0) is 20.0 Å². The van der Waals surface area contributed by atoms with E-state index in [2.05, 4.69) is 0 Å². The molecule has 0 bridgehead atoms. The van der Waals surface area contributed by atoms with Gasteiger partial charge in [0, 0.05) is 35.1 Å². The summed E-state index contributed by atoms with van der Waals surface area (Å²) in [5, 5.41) is 10.1. The molecular weight excluding hydrogens is 558 g/mol. The van der Waals surface area contributed by atoms with Crippen molar-refractivity contribution in [2.75, 3.05) is 18.9 Å². The number of nitrogens with zero attached hydrogens (tertiary/aromatic N) is 2. The van der Waals surface area contributed by atoms with E-state index in [1.54, 1.807) is 0 Å². The van der Waals surface area contributed by atoms with Gasteiger partial charge in [0.25, 0.3) is 0 Å². The largest absolute Gasteiger partial charge is 0.395 e. The lowest BCUT2D eigenvalue weighted by Gasteiger charge is -2.45. The Morgan fingerprint density at radius 1 is 0.947 bits per heavy atom. The van der Waals surface area contributed by atoms with Crippen molar-refractivity contribution in [3.63, 3.8) is 0 Å². The van der Waals surface area contributed by atoms with Gasteiger partial charge in [-0.15, -0.1) is 0 Å². The van der Waals surface area contributed by atoms with Crippen molar-refractivity contribution in [3.8, 4) is 0 Å². The minimum atomic E-state index is -4.20. The normalized spacial score (nSPS) is 26.5. The van der Waals surface area contributed by atoms with Gasteiger partial charge in [-0.05, 0) is 86.9 Å². The first kappa shape index (κ1) is 27.9. The van der Waals surface area contributed by atoms with E-state index in [0.29, 0.717) is 56.5 Å². The van der Waals surface area contributed by atoms with E-state index < -0.39 is 55.2 Å². The summed E-state index contributed by atoms with van der Waals surface area (Å²) in [4.78, 5) is -0.0192. The molecule has 0 unspecified atom stereocenters. The highest BCUT2D eigenvalue weighted by Crippen LogP contribution is 2.57. The van der Waals surface area contributed by atoms with Crippen molar-refractivity contribution in [1.29, 1.82) is 0 Å². The van der Waals surface area contributed by atoms with Crippen LogP contribution in [0, 0.1) is 17.0 Å². The molecule has 0 aromatic heterocycles. The molecule has 3 atom stereocenters. The summed E-state index contributed by atoms with van der Waals surface area (Å²) < 4.78 is 86.6. The van der Waals surface area contributed by atoms with Gasteiger partial charge in [0.05, 0.1) is 23.3 Å². The van der Waals surface area contributed by atoms with Crippen LogP contribution in [0.25, 0.3) is 0 Å². The fraction of sp³-hybridized carbons (Fsp3) is 0.538. The Morgan fingerprint density at radius 3 is 2.21 bits per heavy atom. The molecule has 0 spiro atoms. The lowest BCUT2D eigenvalue weighted by molar-refractivity contribution is 0.125. The van der Waals surface area contributed by atoms with Crippen LogP contribution in [0.15, 0.2) is 47.4 Å². The van der Waals surface area contributed by atoms with Gasteiger partial charge in [-0.2, -0.15) is 8.61 Å². The van der Waals surface area contributed by atoms with Crippen molar-refractivity contribution in [2.24, 2.45) is 5.41 Å². The highest BCUT2D eigenvalue weighted by atomic mass is 35.5. The average Bonchev–Trinajstić information content (AvgIpc) is 3.45. The number of sulfonamides is 2. The molecule has 2 aliphatic heterocycles. The van der Waals surface area contributed by atoms with E-state index in [-0.39, 0.29) is 22.8 Å². The van der Waals surface area contributed by atoms with Crippen molar-refractivity contribution in [1.82, 2.24) is 8.61 Å². The molecule has 0 amide bonds. The zero-order valence-electron chi connectivity index (χ0n) is 20.8. The zero-order chi connectivity index (χ0) is 27.3. The molecular formula is C26H31ClF2N2O5S2. The monoisotopic (exact) mass is 588 g/mol. The lowest BCUT2D eigenvalue weighted by Crippen LogP contribution is -2.52. The third kappa shape index (κ3) is 5.25. The van der Waals surface area contributed by atoms with Gasteiger partial charge in [-0.3, -0.25) is 0 Å². The lowest BCUT2D eigenvalue weighted by atomic mass is 9.86. The van der Waals surface area contributed by atoms with Crippen LogP contribution in [0.2, 0.25) is 5.02 Å². The molecule has 7 nitrogen and oxygen atoms in total. The first-order chi connectivity index (χ1) is 18.0. The van der Waals surface area contributed by atoms with Crippen molar-refractivity contribution in [2.45, 2.75) is 68.0 Å². The second kappa shape index (κ2) is 10.4. The Bertz CT molecular complexity index is 1380. The molecule has 208 valence electrons. The van der Waals surface area contributed by atoms with Crippen LogP contribution in [0.3, 0.4) is 0 Å². The van der Waals surface area contributed by atoms with E-state index in [4.69, 9.17) is 11.6 Å². The second-order valence-electron chi connectivity index (χ2n) is 10.7. The quantitative estimate of drug-likeness (QED) is 0.491. The second-order valence-corrected chi connectivity index (χ2v) is 14.9. The Balaban J connectivity index is 1.57. The summed E-state index contributed by atoms with van der Waals surface area (Å²) in [5.41, 5.74) is -0.630.